The number of hydrogen-bond acceptors (Lipinski definition) is 2. The smallest absolute Gasteiger partial charge is 0.126 e. The largest absolute Gasteiger partial charge is 0.493 e. The normalized spacial score (nSPS) is 19.1. The summed E-state index contributed by atoms with van der Waals surface area (Å²) in [7, 11) is 0. The second-order valence-electron chi connectivity index (χ2n) is 5.34. The van der Waals surface area contributed by atoms with Crippen molar-refractivity contribution >= 4 is 0 Å². The van der Waals surface area contributed by atoms with Gasteiger partial charge in [-0.1, -0.05) is 30.3 Å². The minimum absolute atomic E-state index is 0.0491. The van der Waals surface area contributed by atoms with E-state index in [9.17, 15) is 9.50 Å². The van der Waals surface area contributed by atoms with Crippen LogP contribution in [0.2, 0.25) is 0 Å². The van der Waals surface area contributed by atoms with Crippen LogP contribution in [-0.2, 0) is 6.42 Å². The van der Waals surface area contributed by atoms with Crippen LogP contribution in [0.25, 0.3) is 0 Å². The minimum atomic E-state index is -0.710. The van der Waals surface area contributed by atoms with E-state index in [4.69, 9.17) is 4.74 Å². The van der Waals surface area contributed by atoms with Gasteiger partial charge in [0.1, 0.15) is 11.6 Å². The molecule has 1 N–H and O–H groups in total. The lowest BCUT2D eigenvalue weighted by Crippen LogP contribution is -2.26. The molecule has 3 heteroatoms. The fourth-order valence-corrected chi connectivity index (χ4v) is 2.62. The molecule has 0 saturated carbocycles. The highest BCUT2D eigenvalue weighted by atomic mass is 19.1. The van der Waals surface area contributed by atoms with Crippen LogP contribution in [0, 0.1) is 18.7 Å². The standard InChI is InChI=1S/C17H17FO2/c1-11-6-7-13(9-15(11)18)17(19)14-8-12-4-2-3-5-16(12)20-10-14/h2-7,9,14,17,19H,8,10H2,1H3. The van der Waals surface area contributed by atoms with Gasteiger partial charge in [0.25, 0.3) is 0 Å². The van der Waals surface area contributed by atoms with Crippen molar-refractivity contribution < 1.29 is 14.2 Å². The number of halogens is 1. The molecule has 0 fully saturated rings. The molecule has 1 aliphatic rings. The van der Waals surface area contributed by atoms with Crippen molar-refractivity contribution in [1.29, 1.82) is 0 Å². The fourth-order valence-electron chi connectivity index (χ4n) is 2.62. The maximum Gasteiger partial charge on any atom is 0.126 e. The summed E-state index contributed by atoms with van der Waals surface area (Å²) >= 11 is 0. The van der Waals surface area contributed by atoms with Crippen LogP contribution in [0.3, 0.4) is 0 Å². The number of hydrogen-bond donors (Lipinski definition) is 1. The summed E-state index contributed by atoms with van der Waals surface area (Å²) in [6.07, 6.45) is 0.0331. The first-order valence-electron chi connectivity index (χ1n) is 6.80. The van der Waals surface area contributed by atoms with E-state index in [1.165, 1.54) is 6.07 Å². The molecule has 2 atom stereocenters. The predicted octanol–water partition coefficient (Wildman–Crippen LogP) is 3.42. The van der Waals surface area contributed by atoms with Gasteiger partial charge in [-0.3, -0.25) is 0 Å². The third-order valence-electron chi connectivity index (χ3n) is 3.89. The van der Waals surface area contributed by atoms with Gasteiger partial charge in [-0.2, -0.15) is 0 Å². The Morgan fingerprint density at radius 2 is 2.05 bits per heavy atom. The monoisotopic (exact) mass is 272 g/mol. The highest BCUT2D eigenvalue weighted by molar-refractivity contribution is 5.36. The molecule has 0 radical (unpaired) electrons. The molecule has 2 unspecified atom stereocenters. The Balaban J connectivity index is 1.82. The summed E-state index contributed by atoms with van der Waals surface area (Å²) in [4.78, 5) is 0. The van der Waals surface area contributed by atoms with Crippen molar-refractivity contribution in [2.45, 2.75) is 19.4 Å². The van der Waals surface area contributed by atoms with E-state index in [1.807, 2.05) is 24.3 Å². The van der Waals surface area contributed by atoms with Crippen LogP contribution in [0.15, 0.2) is 42.5 Å². The van der Waals surface area contributed by atoms with Crippen molar-refractivity contribution in [3.05, 3.63) is 65.0 Å². The number of benzene rings is 2. The first kappa shape index (κ1) is 13.1. The van der Waals surface area contributed by atoms with Gasteiger partial charge in [-0.15, -0.1) is 0 Å². The van der Waals surface area contributed by atoms with Gasteiger partial charge >= 0.3 is 0 Å². The second kappa shape index (κ2) is 5.25. The zero-order chi connectivity index (χ0) is 14.1. The molecule has 2 aromatic rings. The number of rotatable bonds is 2. The van der Waals surface area contributed by atoms with E-state index >= 15 is 0 Å². The average molecular weight is 272 g/mol. The molecule has 0 aliphatic carbocycles. The summed E-state index contributed by atoms with van der Waals surface area (Å²) < 4.78 is 19.3. The first-order chi connectivity index (χ1) is 9.65. The molecule has 0 amide bonds. The molecule has 2 aromatic carbocycles. The number of para-hydroxylation sites is 1. The number of fused-ring (bicyclic) bond motifs is 1. The Labute approximate surface area is 117 Å². The van der Waals surface area contributed by atoms with E-state index < -0.39 is 6.10 Å². The summed E-state index contributed by atoms with van der Waals surface area (Å²) in [6, 6.07) is 12.7. The van der Waals surface area contributed by atoms with E-state index in [0.29, 0.717) is 17.7 Å². The molecule has 1 aliphatic heterocycles. The lowest BCUT2D eigenvalue weighted by molar-refractivity contribution is 0.0642. The van der Waals surface area contributed by atoms with Crippen LogP contribution >= 0.6 is 0 Å². The Kier molecular flexibility index (Phi) is 3.45. The minimum Gasteiger partial charge on any atom is -0.493 e. The van der Waals surface area contributed by atoms with Gasteiger partial charge in [-0.05, 0) is 42.2 Å². The van der Waals surface area contributed by atoms with Crippen molar-refractivity contribution in [2.75, 3.05) is 6.61 Å². The lowest BCUT2D eigenvalue weighted by atomic mass is 9.88. The molecule has 20 heavy (non-hydrogen) atoms. The average Bonchev–Trinajstić information content (AvgIpc) is 2.49. The molecule has 2 nitrogen and oxygen atoms in total. The molecule has 0 bridgehead atoms. The van der Waals surface area contributed by atoms with Crippen LogP contribution in [0.4, 0.5) is 4.39 Å². The van der Waals surface area contributed by atoms with Crippen LogP contribution in [-0.4, -0.2) is 11.7 Å². The molecule has 0 saturated heterocycles. The Morgan fingerprint density at radius 1 is 1.25 bits per heavy atom. The maximum atomic E-state index is 13.6. The fraction of sp³-hybridized carbons (Fsp3) is 0.294. The molecular formula is C17H17FO2. The number of aliphatic hydroxyl groups excluding tert-OH is 1. The van der Waals surface area contributed by atoms with Crippen molar-refractivity contribution in [3.8, 4) is 5.75 Å². The third-order valence-corrected chi connectivity index (χ3v) is 3.89. The number of ether oxygens (including phenoxy) is 1. The SMILES string of the molecule is Cc1ccc(C(O)C2COc3ccccc3C2)cc1F. The summed E-state index contributed by atoms with van der Waals surface area (Å²) in [5.74, 6) is 0.553. The Bertz CT molecular complexity index is 624. The Hall–Kier alpha value is -1.87. The summed E-state index contributed by atoms with van der Waals surface area (Å²) in [5, 5.41) is 10.4. The Morgan fingerprint density at radius 3 is 2.85 bits per heavy atom. The molecule has 0 spiro atoms. The van der Waals surface area contributed by atoms with Crippen molar-refractivity contribution in [2.24, 2.45) is 5.92 Å². The zero-order valence-electron chi connectivity index (χ0n) is 11.3. The van der Waals surface area contributed by atoms with E-state index in [0.717, 1.165) is 17.7 Å². The quantitative estimate of drug-likeness (QED) is 0.907. The van der Waals surface area contributed by atoms with Gasteiger partial charge in [-0.25, -0.2) is 4.39 Å². The van der Waals surface area contributed by atoms with Gasteiger partial charge in [0.05, 0.1) is 12.7 Å². The van der Waals surface area contributed by atoms with Gasteiger partial charge in [0.15, 0.2) is 0 Å². The number of aryl methyl sites for hydroxylation is 1. The maximum absolute atomic E-state index is 13.6. The van der Waals surface area contributed by atoms with Crippen LogP contribution < -0.4 is 4.74 Å². The van der Waals surface area contributed by atoms with Gasteiger partial charge in [0.2, 0.25) is 0 Å². The van der Waals surface area contributed by atoms with E-state index in [-0.39, 0.29) is 11.7 Å². The van der Waals surface area contributed by atoms with Crippen molar-refractivity contribution in [1.82, 2.24) is 0 Å². The number of aliphatic hydroxyl groups is 1. The molecule has 3 rings (SSSR count). The molecular weight excluding hydrogens is 255 g/mol. The third kappa shape index (κ3) is 2.41. The van der Waals surface area contributed by atoms with Crippen LogP contribution in [0.1, 0.15) is 22.8 Å². The zero-order valence-corrected chi connectivity index (χ0v) is 11.3. The molecule has 1 heterocycles. The second-order valence-corrected chi connectivity index (χ2v) is 5.34. The predicted molar refractivity (Wildman–Crippen MR) is 75.2 cm³/mol. The van der Waals surface area contributed by atoms with Gasteiger partial charge < -0.3 is 9.84 Å². The summed E-state index contributed by atoms with van der Waals surface area (Å²) in [5.41, 5.74) is 2.29. The highest BCUT2D eigenvalue weighted by Gasteiger charge is 2.27. The van der Waals surface area contributed by atoms with E-state index in [2.05, 4.69) is 0 Å². The van der Waals surface area contributed by atoms with E-state index in [1.54, 1.807) is 19.1 Å². The van der Waals surface area contributed by atoms with Crippen LogP contribution in [0.5, 0.6) is 5.75 Å². The summed E-state index contributed by atoms with van der Waals surface area (Å²) in [6.45, 7) is 2.17. The molecule has 104 valence electrons. The van der Waals surface area contributed by atoms with Crippen molar-refractivity contribution in [3.63, 3.8) is 0 Å². The first-order valence-corrected chi connectivity index (χ1v) is 6.80. The van der Waals surface area contributed by atoms with Gasteiger partial charge in [0, 0.05) is 5.92 Å². The highest BCUT2D eigenvalue weighted by Crippen LogP contribution is 2.33. The lowest BCUT2D eigenvalue weighted by Gasteiger charge is -2.29. The molecule has 0 aromatic heterocycles. The topological polar surface area (TPSA) is 29.5 Å².